The molecule has 0 aliphatic rings. The van der Waals surface area contributed by atoms with E-state index in [2.05, 4.69) is 25.8 Å². The molecule has 2 aromatic heterocycles. The van der Waals surface area contributed by atoms with Gasteiger partial charge in [0.1, 0.15) is 11.4 Å². The third kappa shape index (κ3) is 4.29. The lowest BCUT2D eigenvalue weighted by molar-refractivity contribution is 0.0950. The summed E-state index contributed by atoms with van der Waals surface area (Å²) in [6.07, 6.45) is 1.61. The molecule has 2 N–H and O–H groups in total. The average molecular weight is 428 g/mol. The van der Waals surface area contributed by atoms with Crippen molar-refractivity contribution in [2.45, 2.75) is 20.8 Å². The Balaban J connectivity index is 1.48. The molecule has 1 amide bonds. The maximum atomic E-state index is 12.5. The first-order chi connectivity index (χ1) is 15.6. The number of nitrogens with zero attached hydrogens (tertiary/aromatic N) is 4. The van der Waals surface area contributed by atoms with E-state index in [1.165, 1.54) is 0 Å². The van der Waals surface area contributed by atoms with Gasteiger partial charge in [-0.1, -0.05) is 30.3 Å². The molecular formula is C24H24N6O2. The molecule has 32 heavy (non-hydrogen) atoms. The van der Waals surface area contributed by atoms with Crippen LogP contribution in [0.1, 0.15) is 34.4 Å². The van der Waals surface area contributed by atoms with Gasteiger partial charge in [0.15, 0.2) is 0 Å². The number of amides is 1. The van der Waals surface area contributed by atoms with Crippen molar-refractivity contribution in [3.05, 3.63) is 83.3 Å². The Hall–Kier alpha value is -4.20. The van der Waals surface area contributed by atoms with Crippen LogP contribution in [0.25, 0.3) is 16.9 Å². The van der Waals surface area contributed by atoms with Crippen LogP contribution >= 0.6 is 0 Å². The Bertz CT molecular complexity index is 1260. The summed E-state index contributed by atoms with van der Waals surface area (Å²) in [7, 11) is 0. The topological polar surface area (TPSA) is 97.2 Å². The van der Waals surface area contributed by atoms with E-state index in [0.29, 0.717) is 23.7 Å². The van der Waals surface area contributed by atoms with Crippen LogP contribution in [0, 0.1) is 13.8 Å². The molecule has 0 radical (unpaired) electrons. The van der Waals surface area contributed by atoms with Crippen molar-refractivity contribution in [1.82, 2.24) is 25.4 Å². The molecule has 0 aliphatic heterocycles. The monoisotopic (exact) mass is 428 g/mol. The van der Waals surface area contributed by atoms with Gasteiger partial charge >= 0.3 is 0 Å². The number of rotatable bonds is 7. The number of carbonyl (C=O) groups excluding carboxylic acids is 1. The van der Waals surface area contributed by atoms with Gasteiger partial charge in [0.05, 0.1) is 35.6 Å². The average Bonchev–Trinajstić information content (AvgIpc) is 3.41. The van der Waals surface area contributed by atoms with Crippen molar-refractivity contribution in [3.63, 3.8) is 0 Å². The summed E-state index contributed by atoms with van der Waals surface area (Å²) in [5.74, 6) is 0.326. The number of hydrogen-bond acceptors (Lipinski definition) is 5. The van der Waals surface area contributed by atoms with E-state index in [4.69, 9.17) is 4.74 Å². The molecule has 2 heterocycles. The summed E-state index contributed by atoms with van der Waals surface area (Å²) in [6.45, 7) is 6.34. The van der Waals surface area contributed by atoms with Crippen LogP contribution in [0.15, 0.2) is 65.8 Å². The number of hydrazone groups is 1. The van der Waals surface area contributed by atoms with E-state index in [1.54, 1.807) is 12.3 Å². The molecule has 0 saturated heterocycles. The molecule has 2 aromatic carbocycles. The van der Waals surface area contributed by atoms with Gasteiger partial charge in [0.25, 0.3) is 5.91 Å². The molecule has 0 unspecified atom stereocenters. The minimum Gasteiger partial charge on any atom is -0.493 e. The van der Waals surface area contributed by atoms with Gasteiger partial charge in [-0.05, 0) is 51.1 Å². The van der Waals surface area contributed by atoms with Crippen LogP contribution in [-0.4, -0.2) is 38.7 Å². The summed E-state index contributed by atoms with van der Waals surface area (Å²) in [6, 6.07) is 19.1. The number of aromatic amines is 1. The molecule has 0 fully saturated rings. The Morgan fingerprint density at radius 3 is 2.69 bits per heavy atom. The van der Waals surface area contributed by atoms with Crippen molar-refractivity contribution < 1.29 is 9.53 Å². The predicted octanol–water partition coefficient (Wildman–Crippen LogP) is 4.04. The number of nitrogens with one attached hydrogen (secondary N) is 2. The van der Waals surface area contributed by atoms with E-state index in [1.807, 2.05) is 80.1 Å². The molecule has 8 nitrogen and oxygen atoms in total. The first-order valence-electron chi connectivity index (χ1n) is 10.3. The second-order valence-electron chi connectivity index (χ2n) is 7.13. The minimum atomic E-state index is -0.389. The number of aryl methyl sites for hydroxylation is 1. The Kier molecular flexibility index (Phi) is 6.12. The van der Waals surface area contributed by atoms with Gasteiger partial charge in [0.2, 0.25) is 0 Å². The lowest BCUT2D eigenvalue weighted by atomic mass is 10.1. The zero-order chi connectivity index (χ0) is 22.5. The molecule has 0 bridgehead atoms. The maximum Gasteiger partial charge on any atom is 0.289 e. The fraction of sp³-hybridized carbons (Fsp3) is 0.167. The largest absolute Gasteiger partial charge is 0.493 e. The highest BCUT2D eigenvalue weighted by Gasteiger charge is 2.14. The molecular weight excluding hydrogens is 404 g/mol. The van der Waals surface area contributed by atoms with Crippen molar-refractivity contribution in [2.75, 3.05) is 6.61 Å². The molecule has 4 aromatic rings. The van der Waals surface area contributed by atoms with Gasteiger partial charge < -0.3 is 4.74 Å². The Labute approximate surface area is 185 Å². The van der Waals surface area contributed by atoms with Crippen molar-refractivity contribution >= 4 is 12.1 Å². The SMILES string of the molecule is CCOc1ccccc1-c1cc(C(=O)N/N=C/c2c(C)nn(-c3ccccc3)c2C)[nH]n1. The molecule has 0 atom stereocenters. The van der Waals surface area contributed by atoms with E-state index >= 15 is 0 Å². The maximum absolute atomic E-state index is 12.5. The van der Waals surface area contributed by atoms with Crippen molar-refractivity contribution in [1.29, 1.82) is 0 Å². The summed E-state index contributed by atoms with van der Waals surface area (Å²) < 4.78 is 7.50. The molecule has 4 rings (SSSR count). The highest BCUT2D eigenvalue weighted by molar-refractivity contribution is 5.94. The highest BCUT2D eigenvalue weighted by Crippen LogP contribution is 2.28. The fourth-order valence-electron chi connectivity index (χ4n) is 3.41. The third-order valence-corrected chi connectivity index (χ3v) is 4.99. The number of hydrogen-bond donors (Lipinski definition) is 2. The second kappa shape index (κ2) is 9.30. The Morgan fingerprint density at radius 1 is 1.16 bits per heavy atom. The van der Waals surface area contributed by atoms with Crippen LogP contribution < -0.4 is 10.2 Å². The molecule has 162 valence electrons. The summed E-state index contributed by atoms with van der Waals surface area (Å²) in [4.78, 5) is 12.5. The van der Waals surface area contributed by atoms with Crippen molar-refractivity contribution in [3.8, 4) is 22.7 Å². The quantitative estimate of drug-likeness (QED) is 0.343. The number of para-hydroxylation sites is 2. The molecule has 0 aliphatic carbocycles. The normalized spacial score (nSPS) is 11.1. The number of aromatic nitrogens is 4. The lowest BCUT2D eigenvalue weighted by Crippen LogP contribution is -2.18. The van der Waals surface area contributed by atoms with Crippen LogP contribution in [-0.2, 0) is 0 Å². The van der Waals surface area contributed by atoms with E-state index in [-0.39, 0.29) is 5.91 Å². The number of benzene rings is 2. The van der Waals surface area contributed by atoms with Crippen molar-refractivity contribution in [2.24, 2.45) is 5.10 Å². The molecule has 0 spiro atoms. The van der Waals surface area contributed by atoms with Crippen LogP contribution in [0.3, 0.4) is 0 Å². The van der Waals surface area contributed by atoms with Crippen LogP contribution in [0.5, 0.6) is 5.75 Å². The van der Waals surface area contributed by atoms with Gasteiger partial charge in [0, 0.05) is 11.1 Å². The first kappa shape index (κ1) is 21.0. The summed E-state index contributed by atoms with van der Waals surface area (Å²) >= 11 is 0. The number of H-pyrrole nitrogens is 1. The highest BCUT2D eigenvalue weighted by atomic mass is 16.5. The van der Waals surface area contributed by atoms with Gasteiger partial charge in [-0.2, -0.15) is 15.3 Å². The fourth-order valence-corrected chi connectivity index (χ4v) is 3.41. The van der Waals surface area contributed by atoms with Crippen LogP contribution in [0.4, 0.5) is 0 Å². The molecule has 8 heteroatoms. The first-order valence-corrected chi connectivity index (χ1v) is 10.3. The Morgan fingerprint density at radius 2 is 1.91 bits per heavy atom. The van der Waals surface area contributed by atoms with E-state index in [9.17, 15) is 4.79 Å². The zero-order valence-corrected chi connectivity index (χ0v) is 18.2. The van der Waals surface area contributed by atoms with Gasteiger partial charge in [-0.15, -0.1) is 0 Å². The smallest absolute Gasteiger partial charge is 0.289 e. The molecule has 0 saturated carbocycles. The second-order valence-corrected chi connectivity index (χ2v) is 7.13. The van der Waals surface area contributed by atoms with Gasteiger partial charge in [-0.3, -0.25) is 9.89 Å². The standard InChI is InChI=1S/C24H24N6O2/c1-4-32-23-13-9-8-12-19(23)21-14-22(27-26-21)24(31)28-25-15-20-16(2)29-30(17(20)3)18-10-6-5-7-11-18/h5-15H,4H2,1-3H3,(H,26,27)(H,28,31)/b25-15+. The number of ether oxygens (including phenoxy) is 1. The van der Waals surface area contributed by atoms with E-state index < -0.39 is 0 Å². The van der Waals surface area contributed by atoms with Crippen LogP contribution in [0.2, 0.25) is 0 Å². The summed E-state index contributed by atoms with van der Waals surface area (Å²) in [5.41, 5.74) is 7.86. The van der Waals surface area contributed by atoms with Gasteiger partial charge in [-0.25, -0.2) is 10.1 Å². The number of carbonyl (C=O) groups is 1. The lowest BCUT2D eigenvalue weighted by Gasteiger charge is -2.07. The summed E-state index contributed by atoms with van der Waals surface area (Å²) in [5, 5.41) is 15.7. The van der Waals surface area contributed by atoms with E-state index in [0.717, 1.165) is 28.2 Å². The predicted molar refractivity (Wildman–Crippen MR) is 123 cm³/mol. The minimum absolute atomic E-state index is 0.303. The third-order valence-electron chi connectivity index (χ3n) is 4.99. The zero-order valence-electron chi connectivity index (χ0n) is 18.2.